The van der Waals surface area contributed by atoms with E-state index < -0.39 is 0 Å². The minimum absolute atomic E-state index is 0.184. The molecular formula is C12H25N3O. The molecule has 1 atom stereocenters. The Hall–Kier alpha value is -0.610. The van der Waals surface area contributed by atoms with Crippen molar-refractivity contribution in [1.82, 2.24) is 4.90 Å². The molecule has 1 fully saturated rings. The van der Waals surface area contributed by atoms with E-state index in [1.165, 1.54) is 0 Å². The van der Waals surface area contributed by atoms with Gasteiger partial charge in [0.2, 0.25) is 0 Å². The van der Waals surface area contributed by atoms with Gasteiger partial charge >= 0.3 is 0 Å². The summed E-state index contributed by atoms with van der Waals surface area (Å²) in [4.78, 5) is 2.47. The van der Waals surface area contributed by atoms with Crippen molar-refractivity contribution >= 4 is 5.84 Å². The van der Waals surface area contributed by atoms with Gasteiger partial charge in [-0.2, -0.15) is 0 Å². The topological polar surface area (TPSA) is 62.3 Å². The average Bonchev–Trinajstić information content (AvgIpc) is 2.26. The summed E-state index contributed by atoms with van der Waals surface area (Å²) < 4.78 is 5.47. The fraction of sp³-hybridized carbons (Fsp3) is 0.917. The van der Waals surface area contributed by atoms with Crippen LogP contribution in [0.3, 0.4) is 0 Å². The smallest absolute Gasteiger partial charge is 0.0963 e. The van der Waals surface area contributed by atoms with Crippen LogP contribution in [0.5, 0.6) is 0 Å². The van der Waals surface area contributed by atoms with Crippen LogP contribution >= 0.6 is 0 Å². The standard InChI is InChI=1S/C12H25N3O/c1-4-10-9-16-8-7-15(10)6-5-12(2,3)11(13)14/h10H,4-9H2,1-3H3,(H3,13,14). The van der Waals surface area contributed by atoms with E-state index in [4.69, 9.17) is 15.9 Å². The molecular weight excluding hydrogens is 202 g/mol. The summed E-state index contributed by atoms with van der Waals surface area (Å²) in [5.74, 6) is 0.286. The van der Waals surface area contributed by atoms with Crippen LogP contribution in [0.25, 0.3) is 0 Å². The number of ether oxygens (including phenoxy) is 1. The monoisotopic (exact) mass is 227 g/mol. The molecule has 1 aliphatic rings. The first kappa shape index (κ1) is 13.5. The molecule has 3 N–H and O–H groups in total. The maximum Gasteiger partial charge on any atom is 0.0963 e. The molecule has 1 saturated heterocycles. The first-order chi connectivity index (χ1) is 7.47. The highest BCUT2D eigenvalue weighted by Gasteiger charge is 2.26. The fourth-order valence-corrected chi connectivity index (χ4v) is 1.92. The van der Waals surface area contributed by atoms with Gasteiger partial charge in [0.1, 0.15) is 0 Å². The van der Waals surface area contributed by atoms with Gasteiger partial charge in [-0.3, -0.25) is 10.3 Å². The van der Waals surface area contributed by atoms with E-state index in [2.05, 4.69) is 11.8 Å². The zero-order chi connectivity index (χ0) is 12.2. The molecule has 4 nitrogen and oxygen atoms in total. The molecule has 0 bridgehead atoms. The number of nitrogens with two attached hydrogens (primary N) is 1. The third-order valence-corrected chi connectivity index (χ3v) is 3.57. The number of amidine groups is 1. The Morgan fingerprint density at radius 1 is 1.56 bits per heavy atom. The summed E-state index contributed by atoms with van der Waals surface area (Å²) in [6.45, 7) is 9.96. The van der Waals surface area contributed by atoms with Crippen LogP contribution in [0.1, 0.15) is 33.6 Å². The minimum Gasteiger partial charge on any atom is -0.387 e. The van der Waals surface area contributed by atoms with Crippen molar-refractivity contribution in [3.05, 3.63) is 0 Å². The third-order valence-electron chi connectivity index (χ3n) is 3.57. The lowest BCUT2D eigenvalue weighted by Gasteiger charge is -2.37. The van der Waals surface area contributed by atoms with Crippen LogP contribution in [0.4, 0.5) is 0 Å². The fourth-order valence-electron chi connectivity index (χ4n) is 1.92. The first-order valence-corrected chi connectivity index (χ1v) is 6.13. The lowest BCUT2D eigenvalue weighted by atomic mass is 9.87. The Morgan fingerprint density at radius 3 is 2.81 bits per heavy atom. The van der Waals surface area contributed by atoms with Crippen LogP contribution < -0.4 is 5.73 Å². The highest BCUT2D eigenvalue weighted by Crippen LogP contribution is 2.22. The molecule has 4 heteroatoms. The maximum atomic E-state index is 7.54. The van der Waals surface area contributed by atoms with Crippen molar-refractivity contribution in [2.45, 2.75) is 39.7 Å². The van der Waals surface area contributed by atoms with E-state index in [0.29, 0.717) is 6.04 Å². The minimum atomic E-state index is -0.184. The molecule has 1 heterocycles. The zero-order valence-corrected chi connectivity index (χ0v) is 10.8. The second-order valence-corrected chi connectivity index (χ2v) is 5.22. The van der Waals surface area contributed by atoms with Crippen LogP contribution in [0.2, 0.25) is 0 Å². The molecule has 0 aromatic heterocycles. The van der Waals surface area contributed by atoms with E-state index in [-0.39, 0.29) is 11.3 Å². The molecule has 0 saturated carbocycles. The number of rotatable bonds is 5. The van der Waals surface area contributed by atoms with Gasteiger partial charge in [-0.25, -0.2) is 0 Å². The Balaban J connectivity index is 2.43. The van der Waals surface area contributed by atoms with Crippen molar-refractivity contribution in [1.29, 1.82) is 5.41 Å². The molecule has 1 rings (SSSR count). The zero-order valence-electron chi connectivity index (χ0n) is 10.8. The van der Waals surface area contributed by atoms with Crippen molar-refractivity contribution in [2.24, 2.45) is 11.1 Å². The normalized spacial score (nSPS) is 23.3. The predicted octanol–water partition coefficient (Wildman–Crippen LogP) is 1.45. The van der Waals surface area contributed by atoms with Gasteiger partial charge < -0.3 is 10.5 Å². The van der Waals surface area contributed by atoms with Gasteiger partial charge in [-0.05, 0) is 19.4 Å². The van der Waals surface area contributed by atoms with Gasteiger partial charge in [-0.1, -0.05) is 20.8 Å². The number of hydrogen-bond acceptors (Lipinski definition) is 3. The molecule has 16 heavy (non-hydrogen) atoms. The molecule has 0 aliphatic carbocycles. The van der Waals surface area contributed by atoms with E-state index in [9.17, 15) is 0 Å². The van der Waals surface area contributed by atoms with E-state index in [1.807, 2.05) is 13.8 Å². The Morgan fingerprint density at radius 2 is 2.25 bits per heavy atom. The summed E-state index contributed by atoms with van der Waals surface area (Å²) in [7, 11) is 0. The lowest BCUT2D eigenvalue weighted by molar-refractivity contribution is -0.0113. The van der Waals surface area contributed by atoms with Gasteiger partial charge in [0, 0.05) is 18.0 Å². The second-order valence-electron chi connectivity index (χ2n) is 5.22. The van der Waals surface area contributed by atoms with Crippen molar-refractivity contribution in [3.8, 4) is 0 Å². The first-order valence-electron chi connectivity index (χ1n) is 6.13. The van der Waals surface area contributed by atoms with Gasteiger partial charge in [0.25, 0.3) is 0 Å². The predicted molar refractivity (Wildman–Crippen MR) is 66.8 cm³/mol. The third kappa shape index (κ3) is 3.46. The van der Waals surface area contributed by atoms with Crippen LogP contribution in [-0.2, 0) is 4.74 Å². The summed E-state index contributed by atoms with van der Waals surface area (Å²) in [6, 6.07) is 0.538. The quantitative estimate of drug-likeness (QED) is 0.552. The number of hydrogen-bond donors (Lipinski definition) is 2. The lowest BCUT2D eigenvalue weighted by Crippen LogP contribution is -2.47. The van der Waals surface area contributed by atoms with Crippen molar-refractivity contribution in [2.75, 3.05) is 26.3 Å². The molecule has 1 aliphatic heterocycles. The van der Waals surface area contributed by atoms with Gasteiger partial charge in [-0.15, -0.1) is 0 Å². The largest absolute Gasteiger partial charge is 0.387 e. The SMILES string of the molecule is CCC1COCCN1CCC(C)(C)C(=N)N. The summed E-state index contributed by atoms with van der Waals surface area (Å²) in [6.07, 6.45) is 2.07. The molecule has 94 valence electrons. The van der Waals surface area contributed by atoms with Crippen LogP contribution in [0, 0.1) is 10.8 Å². The van der Waals surface area contributed by atoms with Crippen LogP contribution in [0.15, 0.2) is 0 Å². The Labute approximate surface area is 98.6 Å². The average molecular weight is 227 g/mol. The number of nitrogens with one attached hydrogen (secondary N) is 1. The van der Waals surface area contributed by atoms with Crippen molar-refractivity contribution in [3.63, 3.8) is 0 Å². The molecule has 1 unspecified atom stereocenters. The van der Waals surface area contributed by atoms with Crippen molar-refractivity contribution < 1.29 is 4.74 Å². The molecule has 0 amide bonds. The summed E-state index contributed by atoms with van der Waals surface area (Å²) in [5, 5.41) is 7.54. The molecule has 0 aromatic rings. The Kier molecular flexibility index (Phi) is 4.74. The van der Waals surface area contributed by atoms with Crippen LogP contribution in [-0.4, -0.2) is 43.1 Å². The highest BCUT2D eigenvalue weighted by atomic mass is 16.5. The summed E-state index contributed by atoms with van der Waals surface area (Å²) in [5.41, 5.74) is 5.41. The van der Waals surface area contributed by atoms with E-state index in [0.717, 1.165) is 39.1 Å². The summed E-state index contributed by atoms with van der Waals surface area (Å²) >= 11 is 0. The molecule has 0 aromatic carbocycles. The Bertz CT molecular complexity index is 240. The molecule has 0 radical (unpaired) electrons. The molecule has 0 spiro atoms. The van der Waals surface area contributed by atoms with E-state index >= 15 is 0 Å². The maximum absolute atomic E-state index is 7.54. The number of morpholine rings is 1. The highest BCUT2D eigenvalue weighted by molar-refractivity contribution is 5.82. The second kappa shape index (κ2) is 5.64. The van der Waals surface area contributed by atoms with E-state index in [1.54, 1.807) is 0 Å². The van der Waals surface area contributed by atoms with Gasteiger partial charge in [0.15, 0.2) is 0 Å². The van der Waals surface area contributed by atoms with Gasteiger partial charge in [0.05, 0.1) is 19.0 Å². The number of nitrogens with zero attached hydrogens (tertiary/aromatic N) is 1.